The van der Waals surface area contributed by atoms with E-state index in [0.29, 0.717) is 18.8 Å². The number of benzene rings is 2. The van der Waals surface area contributed by atoms with Gasteiger partial charge in [0.15, 0.2) is 0 Å². The fourth-order valence-electron chi connectivity index (χ4n) is 3.97. The Labute approximate surface area is 188 Å². The zero-order valence-electron chi connectivity index (χ0n) is 17.8. The second-order valence-corrected chi connectivity index (χ2v) is 7.76. The molecule has 10 heteroatoms. The normalized spacial score (nSPS) is 19.1. The molecule has 0 unspecified atom stereocenters. The predicted octanol–water partition coefficient (Wildman–Crippen LogP) is 3.81. The van der Waals surface area contributed by atoms with E-state index in [2.05, 4.69) is 20.9 Å². The van der Waals surface area contributed by atoms with E-state index < -0.39 is 29.7 Å². The molecule has 0 saturated carbocycles. The summed E-state index contributed by atoms with van der Waals surface area (Å²) in [4.78, 5) is 27.4. The topological polar surface area (TPSA) is 82.7 Å². The first-order valence-corrected chi connectivity index (χ1v) is 10.4. The number of para-hydroxylation sites is 1. The average Bonchev–Trinajstić information content (AvgIpc) is 2.79. The number of hydrogen-bond acceptors (Lipinski definition) is 4. The Hall–Kier alpha value is -3.53. The quantitative estimate of drug-likeness (QED) is 0.648. The Morgan fingerprint density at radius 2 is 1.76 bits per heavy atom. The van der Waals surface area contributed by atoms with Gasteiger partial charge in [-0.3, -0.25) is 4.79 Å². The summed E-state index contributed by atoms with van der Waals surface area (Å²) >= 11 is 0. The third-order valence-corrected chi connectivity index (χ3v) is 5.60. The van der Waals surface area contributed by atoms with Crippen molar-refractivity contribution in [3.05, 3.63) is 70.9 Å². The van der Waals surface area contributed by atoms with Crippen LogP contribution in [-0.4, -0.2) is 38.2 Å². The lowest BCUT2D eigenvalue weighted by molar-refractivity contribution is -0.137. The van der Waals surface area contributed by atoms with Crippen molar-refractivity contribution in [2.24, 2.45) is 0 Å². The minimum atomic E-state index is -4.62. The molecule has 33 heavy (non-hydrogen) atoms. The molecular weight excluding hydrogens is 437 g/mol. The lowest BCUT2D eigenvalue weighted by Gasteiger charge is -2.31. The van der Waals surface area contributed by atoms with Crippen LogP contribution in [-0.2, 0) is 15.7 Å². The largest absolute Gasteiger partial charge is 0.418 e. The number of allylic oxidation sites excluding steroid dienone is 1. The first-order chi connectivity index (χ1) is 15.7. The van der Waals surface area contributed by atoms with E-state index in [0.717, 1.165) is 24.8 Å². The third kappa shape index (κ3) is 4.95. The molecule has 0 radical (unpaired) electrons. The Balaban J connectivity index is 1.62. The molecule has 2 heterocycles. The Morgan fingerprint density at radius 1 is 1.09 bits per heavy atom. The Morgan fingerprint density at radius 3 is 2.42 bits per heavy atom. The van der Waals surface area contributed by atoms with Crippen LogP contribution in [0.4, 0.5) is 29.3 Å². The van der Waals surface area contributed by atoms with Gasteiger partial charge in [-0.05, 0) is 36.8 Å². The van der Waals surface area contributed by atoms with Crippen molar-refractivity contribution in [2.75, 3.05) is 36.5 Å². The smallest absolute Gasteiger partial charge is 0.378 e. The summed E-state index contributed by atoms with van der Waals surface area (Å²) in [5.74, 6) is -0.737. The van der Waals surface area contributed by atoms with Gasteiger partial charge in [-0.25, -0.2) is 4.79 Å². The molecule has 4 rings (SSSR count). The van der Waals surface area contributed by atoms with E-state index >= 15 is 0 Å². The molecule has 7 nitrogen and oxygen atoms in total. The van der Waals surface area contributed by atoms with Gasteiger partial charge in [-0.15, -0.1) is 0 Å². The molecule has 3 N–H and O–H groups in total. The van der Waals surface area contributed by atoms with E-state index in [4.69, 9.17) is 4.74 Å². The maximum absolute atomic E-state index is 13.4. The third-order valence-electron chi connectivity index (χ3n) is 5.60. The maximum atomic E-state index is 13.4. The number of nitrogens with one attached hydrogen (secondary N) is 3. The highest BCUT2D eigenvalue weighted by Gasteiger charge is 2.35. The number of nitrogens with zero attached hydrogens (tertiary/aromatic N) is 1. The Kier molecular flexibility index (Phi) is 6.28. The highest BCUT2D eigenvalue weighted by molar-refractivity contribution is 6.07. The molecule has 2 aliphatic heterocycles. The van der Waals surface area contributed by atoms with Crippen molar-refractivity contribution in [2.45, 2.75) is 19.1 Å². The number of carbonyl (C=O) groups is 2. The van der Waals surface area contributed by atoms with Crippen LogP contribution < -0.4 is 20.9 Å². The molecule has 2 aliphatic rings. The van der Waals surface area contributed by atoms with Crippen molar-refractivity contribution in [1.29, 1.82) is 0 Å². The second-order valence-electron chi connectivity index (χ2n) is 7.76. The zero-order valence-corrected chi connectivity index (χ0v) is 17.8. The van der Waals surface area contributed by atoms with Gasteiger partial charge in [-0.1, -0.05) is 24.3 Å². The number of halogens is 3. The fraction of sp³-hybridized carbons (Fsp3) is 0.304. The van der Waals surface area contributed by atoms with Crippen LogP contribution >= 0.6 is 0 Å². The number of carbonyl (C=O) groups excluding carboxylic acids is 2. The number of alkyl halides is 3. The van der Waals surface area contributed by atoms with Crippen LogP contribution in [0.3, 0.4) is 0 Å². The summed E-state index contributed by atoms with van der Waals surface area (Å²) in [6.45, 7) is 4.33. The monoisotopic (exact) mass is 460 g/mol. The molecule has 0 bridgehead atoms. The number of urea groups is 1. The highest BCUT2D eigenvalue weighted by atomic mass is 19.4. The van der Waals surface area contributed by atoms with Gasteiger partial charge >= 0.3 is 12.2 Å². The molecule has 2 aromatic carbocycles. The van der Waals surface area contributed by atoms with Crippen LogP contribution in [0, 0.1) is 0 Å². The van der Waals surface area contributed by atoms with Gasteiger partial charge in [0.2, 0.25) is 0 Å². The predicted molar refractivity (Wildman–Crippen MR) is 117 cm³/mol. The van der Waals surface area contributed by atoms with Crippen LogP contribution in [0.5, 0.6) is 0 Å². The summed E-state index contributed by atoms with van der Waals surface area (Å²) in [5, 5.41) is 7.59. The molecule has 2 aromatic rings. The van der Waals surface area contributed by atoms with Gasteiger partial charge in [0.05, 0.1) is 36.1 Å². The van der Waals surface area contributed by atoms with Crippen molar-refractivity contribution < 1.29 is 27.5 Å². The van der Waals surface area contributed by atoms with Gasteiger partial charge in [-0.2, -0.15) is 13.2 Å². The lowest BCUT2D eigenvalue weighted by Crippen LogP contribution is -2.46. The molecule has 1 fully saturated rings. The molecule has 1 atom stereocenters. The van der Waals surface area contributed by atoms with E-state index in [1.54, 1.807) is 19.1 Å². The number of rotatable bonds is 4. The lowest BCUT2D eigenvalue weighted by atomic mass is 9.94. The summed E-state index contributed by atoms with van der Waals surface area (Å²) in [7, 11) is 0. The van der Waals surface area contributed by atoms with Crippen molar-refractivity contribution >= 4 is 23.3 Å². The number of hydrogen-bond donors (Lipinski definition) is 3. The van der Waals surface area contributed by atoms with E-state index in [-0.39, 0.29) is 17.0 Å². The minimum absolute atomic E-state index is 0.130. The molecule has 3 amide bonds. The molecule has 1 saturated heterocycles. The summed E-state index contributed by atoms with van der Waals surface area (Å²) in [5.41, 5.74) is 0.710. The number of morpholine rings is 1. The van der Waals surface area contributed by atoms with Crippen LogP contribution in [0.2, 0.25) is 0 Å². The number of anilines is 2. The van der Waals surface area contributed by atoms with Gasteiger partial charge in [0.1, 0.15) is 0 Å². The second kappa shape index (κ2) is 9.14. The SMILES string of the molecule is CC1=C(C(=O)Nc2ccccc2C(F)(F)F)[C@H](c2ccc(N3CCOCC3)cc2)NC(=O)N1. The minimum Gasteiger partial charge on any atom is -0.378 e. The van der Waals surface area contributed by atoms with E-state index in [1.807, 2.05) is 12.1 Å². The number of ether oxygens (including phenoxy) is 1. The van der Waals surface area contributed by atoms with Crippen molar-refractivity contribution in [3.8, 4) is 0 Å². The summed E-state index contributed by atoms with van der Waals surface area (Å²) in [6, 6.07) is 10.8. The summed E-state index contributed by atoms with van der Waals surface area (Å²) in [6.07, 6.45) is -4.62. The molecule has 0 spiro atoms. The first-order valence-electron chi connectivity index (χ1n) is 10.4. The molecule has 0 aliphatic carbocycles. The average molecular weight is 460 g/mol. The summed E-state index contributed by atoms with van der Waals surface area (Å²) < 4.78 is 45.4. The fourth-order valence-corrected chi connectivity index (χ4v) is 3.97. The van der Waals surface area contributed by atoms with Crippen molar-refractivity contribution in [3.63, 3.8) is 0 Å². The first kappa shape index (κ1) is 22.7. The van der Waals surface area contributed by atoms with E-state index in [1.165, 1.54) is 18.2 Å². The van der Waals surface area contributed by atoms with Crippen LogP contribution in [0.15, 0.2) is 59.8 Å². The number of amides is 3. The standard InChI is InChI=1S/C23H23F3N4O3/c1-14-19(21(31)28-18-5-3-2-4-17(18)23(24,25)26)20(29-22(32)27-14)15-6-8-16(9-7-15)30-10-12-33-13-11-30/h2-9,20H,10-13H2,1H3,(H,28,31)(H2,27,29,32)/t20-/m0/s1. The van der Waals surface area contributed by atoms with Crippen molar-refractivity contribution in [1.82, 2.24) is 10.6 Å². The zero-order chi connectivity index (χ0) is 23.6. The molecule has 0 aromatic heterocycles. The van der Waals surface area contributed by atoms with Gasteiger partial charge < -0.3 is 25.6 Å². The van der Waals surface area contributed by atoms with Gasteiger partial charge in [0.25, 0.3) is 5.91 Å². The molecule has 174 valence electrons. The maximum Gasteiger partial charge on any atom is 0.418 e. The Bertz CT molecular complexity index is 1080. The van der Waals surface area contributed by atoms with Crippen LogP contribution in [0.25, 0.3) is 0 Å². The highest BCUT2D eigenvalue weighted by Crippen LogP contribution is 2.36. The van der Waals surface area contributed by atoms with E-state index in [9.17, 15) is 22.8 Å². The molecular formula is C23H23F3N4O3. The van der Waals surface area contributed by atoms with Crippen LogP contribution in [0.1, 0.15) is 24.1 Å². The van der Waals surface area contributed by atoms with Gasteiger partial charge in [0, 0.05) is 24.5 Å².